The number of ether oxygens (including phenoxy) is 3. The van der Waals surface area contributed by atoms with Crippen LogP contribution in [0.15, 0.2) is 0 Å². The van der Waals surface area contributed by atoms with Crippen LogP contribution in [-0.4, -0.2) is 67.5 Å². The number of halogens is 3. The van der Waals surface area contributed by atoms with E-state index in [1.165, 1.54) is 25.7 Å². The van der Waals surface area contributed by atoms with Crippen molar-refractivity contribution in [2.75, 3.05) is 24.6 Å². The van der Waals surface area contributed by atoms with Gasteiger partial charge in [-0.05, 0) is 80.6 Å². The summed E-state index contributed by atoms with van der Waals surface area (Å²) >= 11 is 5.66. The molecule has 15 heteroatoms. The second-order valence-corrected chi connectivity index (χ2v) is 11.1. The highest BCUT2D eigenvalue weighted by Gasteiger charge is 2.37. The molecule has 1 aliphatic heterocycles. The lowest BCUT2D eigenvalue weighted by atomic mass is 10.0. The summed E-state index contributed by atoms with van der Waals surface area (Å²) in [6.07, 6.45) is -1.07. The molecular weight excluding hydrogens is 831 g/mol. The van der Waals surface area contributed by atoms with E-state index in [4.69, 9.17) is 19.9 Å². The molecule has 3 amide bonds. The Balaban J connectivity index is 2.49. The third-order valence-electron chi connectivity index (χ3n) is 5.03. The van der Waals surface area contributed by atoms with Gasteiger partial charge in [-0.3, -0.25) is 28.8 Å². The van der Waals surface area contributed by atoms with Gasteiger partial charge in [0.05, 0.1) is 30.5 Å². The summed E-state index contributed by atoms with van der Waals surface area (Å²) in [5, 5.41) is 2.63. The van der Waals surface area contributed by atoms with Gasteiger partial charge in [-0.1, -0.05) is 0 Å². The van der Waals surface area contributed by atoms with Gasteiger partial charge in [0.2, 0.25) is 0 Å². The lowest BCUT2D eigenvalue weighted by Gasteiger charge is -2.34. The fourth-order valence-electron chi connectivity index (χ4n) is 3.55. The van der Waals surface area contributed by atoms with Gasteiger partial charge in [0.25, 0.3) is 17.7 Å². The molecule has 0 radical (unpaired) electrons. The molecule has 2 unspecified atom stereocenters. The third kappa shape index (κ3) is 8.11. The van der Waals surface area contributed by atoms with Crippen LogP contribution < -0.4 is 16.0 Å². The molecule has 2 atom stereocenters. The summed E-state index contributed by atoms with van der Waals surface area (Å²) < 4.78 is 16.2. The molecule has 0 bridgehead atoms. The fraction of sp³-hybridized carbons (Fsp3) is 0.455. The molecule has 3 N–H and O–H groups in total. The molecule has 0 aromatic heterocycles. The van der Waals surface area contributed by atoms with E-state index >= 15 is 0 Å². The molecule has 37 heavy (non-hydrogen) atoms. The summed E-state index contributed by atoms with van der Waals surface area (Å²) in [6, 6.07) is 0. The molecule has 202 valence electrons. The van der Waals surface area contributed by atoms with E-state index in [-0.39, 0.29) is 34.4 Å². The predicted molar refractivity (Wildman–Crippen MR) is 155 cm³/mol. The van der Waals surface area contributed by atoms with Crippen molar-refractivity contribution in [3.8, 4) is 0 Å². The first-order valence-electron chi connectivity index (χ1n) is 10.8. The molecule has 1 aliphatic rings. The first kappa shape index (κ1) is 31.4. The number of benzene rings is 1. The topological polar surface area (TPSA) is 171 Å². The van der Waals surface area contributed by atoms with E-state index in [1.807, 2.05) is 67.8 Å². The molecule has 0 saturated carbocycles. The number of esters is 3. The molecule has 2 rings (SSSR count). The van der Waals surface area contributed by atoms with Crippen LogP contribution >= 0.6 is 67.8 Å². The monoisotopic (exact) mass is 855 g/mol. The smallest absolute Gasteiger partial charge is 0.303 e. The van der Waals surface area contributed by atoms with E-state index in [0.717, 1.165) is 0 Å². The molecule has 1 heterocycles. The van der Waals surface area contributed by atoms with E-state index in [9.17, 15) is 28.8 Å². The first-order valence-corrected chi connectivity index (χ1v) is 14.1. The van der Waals surface area contributed by atoms with E-state index < -0.39 is 47.8 Å². The molecule has 1 saturated heterocycles. The number of primary amides is 1. The minimum Gasteiger partial charge on any atom is -0.462 e. The predicted octanol–water partition coefficient (Wildman–Crippen LogP) is 1.88. The van der Waals surface area contributed by atoms with Crippen molar-refractivity contribution in [3.05, 3.63) is 21.8 Å². The van der Waals surface area contributed by atoms with Crippen molar-refractivity contribution >= 4 is 109 Å². The second-order valence-electron chi connectivity index (χ2n) is 7.88. The van der Waals surface area contributed by atoms with Crippen LogP contribution in [0, 0.1) is 10.7 Å². The zero-order valence-corrected chi connectivity index (χ0v) is 26.5. The number of hydrogen-bond acceptors (Lipinski definition) is 9. The Morgan fingerprint density at radius 3 is 2.16 bits per heavy atom. The van der Waals surface area contributed by atoms with Crippen LogP contribution in [0.2, 0.25) is 0 Å². The van der Waals surface area contributed by atoms with Crippen LogP contribution in [0.4, 0.5) is 5.69 Å². The Morgan fingerprint density at radius 2 is 1.62 bits per heavy atom. The summed E-state index contributed by atoms with van der Waals surface area (Å²) in [5.74, 6) is -3.71. The Kier molecular flexibility index (Phi) is 11.8. The van der Waals surface area contributed by atoms with E-state index in [0.29, 0.717) is 25.7 Å². The van der Waals surface area contributed by atoms with Crippen molar-refractivity contribution in [1.82, 2.24) is 5.32 Å². The lowest BCUT2D eigenvalue weighted by Crippen LogP contribution is -2.47. The van der Waals surface area contributed by atoms with E-state index in [1.54, 1.807) is 0 Å². The van der Waals surface area contributed by atoms with Crippen LogP contribution in [0.25, 0.3) is 0 Å². The van der Waals surface area contributed by atoms with Crippen LogP contribution in [0.3, 0.4) is 0 Å². The number of amides is 3. The van der Waals surface area contributed by atoms with Gasteiger partial charge in [0.15, 0.2) is 12.2 Å². The zero-order valence-electron chi connectivity index (χ0n) is 20.0. The van der Waals surface area contributed by atoms with Crippen molar-refractivity contribution in [3.63, 3.8) is 0 Å². The van der Waals surface area contributed by atoms with Gasteiger partial charge in [-0.25, -0.2) is 0 Å². The maximum atomic E-state index is 13.3. The minimum atomic E-state index is -0.989. The van der Waals surface area contributed by atoms with Crippen molar-refractivity contribution in [2.45, 2.75) is 45.8 Å². The highest BCUT2D eigenvalue weighted by Crippen LogP contribution is 2.39. The van der Waals surface area contributed by atoms with Crippen molar-refractivity contribution in [1.29, 1.82) is 0 Å². The highest BCUT2D eigenvalue weighted by molar-refractivity contribution is 14.1. The summed E-state index contributed by atoms with van der Waals surface area (Å²) in [6.45, 7) is 3.40. The van der Waals surface area contributed by atoms with Crippen LogP contribution in [0.5, 0.6) is 0 Å². The number of carbonyl (C=O) groups is 6. The van der Waals surface area contributed by atoms with Gasteiger partial charge in [-0.15, -0.1) is 0 Å². The largest absolute Gasteiger partial charge is 0.462 e. The fourth-order valence-corrected chi connectivity index (χ4v) is 8.32. The maximum absolute atomic E-state index is 13.3. The summed E-state index contributed by atoms with van der Waals surface area (Å²) in [4.78, 5) is 74.4. The number of piperidine rings is 1. The average molecular weight is 855 g/mol. The normalized spacial score (nSPS) is 16.0. The number of nitrogens with one attached hydrogen (secondary N) is 1. The Bertz CT molecular complexity index is 1140. The van der Waals surface area contributed by atoms with Gasteiger partial charge >= 0.3 is 17.9 Å². The quantitative estimate of drug-likeness (QED) is 0.214. The molecule has 1 aromatic rings. The number of carbonyl (C=O) groups excluding carboxylic acids is 6. The van der Waals surface area contributed by atoms with E-state index in [2.05, 4.69) is 5.32 Å². The summed E-state index contributed by atoms with van der Waals surface area (Å²) in [7, 11) is 0. The van der Waals surface area contributed by atoms with Gasteiger partial charge in [0.1, 0.15) is 6.61 Å². The average Bonchev–Trinajstić information content (AvgIpc) is 2.77. The number of nitrogens with two attached hydrogens (primary N) is 1. The number of hydrogen-bond donors (Lipinski definition) is 2. The summed E-state index contributed by atoms with van der Waals surface area (Å²) in [5.41, 5.74) is 6.09. The minimum absolute atomic E-state index is 0.0561. The number of rotatable bonds is 9. The van der Waals surface area contributed by atoms with Gasteiger partial charge in [-0.2, -0.15) is 0 Å². The Morgan fingerprint density at radius 1 is 1.00 bits per heavy atom. The zero-order chi connectivity index (χ0) is 28.0. The SMILES string of the molecule is CC(=O)OCC(CNC(=O)c1c(I)c(C(N)=O)c(I)c(N2CCCC(OC(C)=O)C2=O)c1I)OC(C)=O. The van der Waals surface area contributed by atoms with Crippen molar-refractivity contribution in [2.24, 2.45) is 5.73 Å². The standard InChI is InChI=1S/C22H24I3N3O9/c1-9(29)35-8-12(36-10(2)30)7-27-21(33)15-16(23)14(20(26)32)17(24)19(18(15)25)28-6-4-5-13(22(28)34)37-11(3)31/h12-13H,4-8H2,1-3H3,(H2,26,32)(H,27,33). The highest BCUT2D eigenvalue weighted by atomic mass is 127. The Labute approximate surface area is 253 Å². The lowest BCUT2D eigenvalue weighted by molar-refractivity contribution is -0.155. The number of nitrogens with zero attached hydrogens (tertiary/aromatic N) is 1. The van der Waals surface area contributed by atoms with Crippen LogP contribution in [0.1, 0.15) is 54.3 Å². The van der Waals surface area contributed by atoms with Crippen molar-refractivity contribution < 1.29 is 43.0 Å². The molecule has 1 aromatic carbocycles. The molecule has 12 nitrogen and oxygen atoms in total. The maximum Gasteiger partial charge on any atom is 0.303 e. The van der Waals surface area contributed by atoms with Gasteiger partial charge in [0, 0.05) is 30.9 Å². The molecule has 0 spiro atoms. The third-order valence-corrected chi connectivity index (χ3v) is 8.21. The number of anilines is 1. The first-order chi connectivity index (χ1) is 17.3. The molecular formula is C22H24I3N3O9. The second kappa shape index (κ2) is 13.9. The molecule has 1 fully saturated rings. The molecule has 0 aliphatic carbocycles. The van der Waals surface area contributed by atoms with Crippen LogP contribution in [-0.2, 0) is 33.4 Å². The Hall–Kier alpha value is -1.77. The van der Waals surface area contributed by atoms with Gasteiger partial charge < -0.3 is 30.2 Å².